The lowest BCUT2D eigenvalue weighted by Crippen LogP contribution is -2.37. The molecule has 1 aliphatic rings. The van der Waals surface area contributed by atoms with Crippen molar-refractivity contribution in [3.8, 4) is 0 Å². The van der Waals surface area contributed by atoms with E-state index in [-0.39, 0.29) is 22.4 Å². The third-order valence-corrected chi connectivity index (χ3v) is 7.18. The molecular formula is C23H28N2O5S. The molecule has 166 valence electrons. The summed E-state index contributed by atoms with van der Waals surface area (Å²) in [6.07, 6.45) is 6.41. The van der Waals surface area contributed by atoms with Crippen molar-refractivity contribution in [2.45, 2.75) is 49.5 Å². The molecule has 1 aliphatic carbocycles. The van der Waals surface area contributed by atoms with Crippen LogP contribution < -0.4 is 9.62 Å². The second-order valence-corrected chi connectivity index (χ2v) is 9.64. The van der Waals surface area contributed by atoms with Crippen LogP contribution in [0.3, 0.4) is 0 Å². The van der Waals surface area contributed by atoms with Crippen LogP contribution in [0.2, 0.25) is 0 Å². The van der Waals surface area contributed by atoms with Crippen LogP contribution in [0, 0.1) is 0 Å². The van der Waals surface area contributed by atoms with Gasteiger partial charge in [0.2, 0.25) is 0 Å². The number of nitrogens with one attached hydrogen (secondary N) is 1. The first-order valence-electron chi connectivity index (χ1n) is 10.5. The van der Waals surface area contributed by atoms with Gasteiger partial charge >= 0.3 is 5.97 Å². The Balaban J connectivity index is 1.62. The van der Waals surface area contributed by atoms with Gasteiger partial charge in [-0.25, -0.2) is 13.2 Å². The van der Waals surface area contributed by atoms with E-state index in [1.165, 1.54) is 44.2 Å². The van der Waals surface area contributed by atoms with E-state index < -0.39 is 22.6 Å². The zero-order valence-corrected chi connectivity index (χ0v) is 18.4. The highest BCUT2D eigenvalue weighted by molar-refractivity contribution is 7.92. The van der Waals surface area contributed by atoms with E-state index in [1.807, 2.05) is 0 Å². The van der Waals surface area contributed by atoms with Crippen LogP contribution in [0.1, 0.15) is 48.9 Å². The average molecular weight is 445 g/mol. The third-order valence-electron chi connectivity index (χ3n) is 5.40. The van der Waals surface area contributed by atoms with Gasteiger partial charge in [0.15, 0.2) is 6.61 Å². The summed E-state index contributed by atoms with van der Waals surface area (Å²) in [6.45, 7) is -0.393. The van der Waals surface area contributed by atoms with Gasteiger partial charge in [-0.05, 0) is 43.2 Å². The zero-order chi connectivity index (χ0) is 22.3. The Morgan fingerprint density at radius 1 is 1.00 bits per heavy atom. The van der Waals surface area contributed by atoms with E-state index in [0.717, 1.165) is 30.0 Å². The molecule has 0 unspecified atom stereocenters. The summed E-state index contributed by atoms with van der Waals surface area (Å²) in [5.41, 5.74) is 0.579. The van der Waals surface area contributed by atoms with E-state index in [4.69, 9.17) is 4.74 Å². The van der Waals surface area contributed by atoms with Gasteiger partial charge in [-0.3, -0.25) is 9.10 Å². The number of ether oxygens (including phenoxy) is 1. The van der Waals surface area contributed by atoms with E-state index in [0.29, 0.717) is 5.69 Å². The first-order chi connectivity index (χ1) is 14.9. The summed E-state index contributed by atoms with van der Waals surface area (Å²) in [5.74, 6) is -1.08. The molecule has 0 bridgehead atoms. The molecule has 2 aromatic rings. The summed E-state index contributed by atoms with van der Waals surface area (Å²) in [5, 5.41) is 2.92. The molecule has 0 heterocycles. The minimum Gasteiger partial charge on any atom is -0.452 e. The fraction of sp³-hybridized carbons (Fsp3) is 0.391. The molecule has 0 radical (unpaired) electrons. The van der Waals surface area contributed by atoms with Crippen LogP contribution in [0.15, 0.2) is 59.5 Å². The van der Waals surface area contributed by atoms with Gasteiger partial charge in [0, 0.05) is 13.1 Å². The van der Waals surface area contributed by atoms with Crippen molar-refractivity contribution in [3.05, 3.63) is 60.2 Å². The number of carbonyl (C=O) groups excluding carboxylic acids is 2. The van der Waals surface area contributed by atoms with E-state index in [9.17, 15) is 18.0 Å². The molecule has 3 rings (SSSR count). The van der Waals surface area contributed by atoms with Crippen molar-refractivity contribution in [2.75, 3.05) is 18.0 Å². The van der Waals surface area contributed by atoms with E-state index in [1.54, 1.807) is 30.3 Å². The molecule has 1 amide bonds. The molecule has 8 heteroatoms. The van der Waals surface area contributed by atoms with Gasteiger partial charge in [0.05, 0.1) is 16.1 Å². The maximum Gasteiger partial charge on any atom is 0.338 e. The summed E-state index contributed by atoms with van der Waals surface area (Å²) >= 11 is 0. The van der Waals surface area contributed by atoms with Crippen molar-refractivity contribution in [1.29, 1.82) is 0 Å². The second kappa shape index (κ2) is 10.4. The maximum absolute atomic E-state index is 12.9. The third kappa shape index (κ3) is 6.07. The predicted octanol–water partition coefficient (Wildman–Crippen LogP) is 3.51. The van der Waals surface area contributed by atoms with E-state index in [2.05, 4.69) is 5.32 Å². The number of nitrogens with zero attached hydrogens (tertiary/aromatic N) is 1. The number of benzene rings is 2. The summed E-state index contributed by atoms with van der Waals surface area (Å²) in [6, 6.07) is 14.4. The Labute approximate surface area is 183 Å². The summed E-state index contributed by atoms with van der Waals surface area (Å²) in [4.78, 5) is 24.5. The molecule has 0 aromatic heterocycles. The topological polar surface area (TPSA) is 92.8 Å². The second-order valence-electron chi connectivity index (χ2n) is 7.67. The number of anilines is 1. The molecule has 0 spiro atoms. The quantitative estimate of drug-likeness (QED) is 0.521. The number of para-hydroxylation sites is 1. The largest absolute Gasteiger partial charge is 0.452 e. The molecule has 7 nitrogen and oxygen atoms in total. The highest BCUT2D eigenvalue weighted by Gasteiger charge is 2.23. The fourth-order valence-corrected chi connectivity index (χ4v) is 4.87. The van der Waals surface area contributed by atoms with Gasteiger partial charge in [0.1, 0.15) is 0 Å². The average Bonchev–Trinajstić information content (AvgIpc) is 3.06. The van der Waals surface area contributed by atoms with Gasteiger partial charge in [-0.1, -0.05) is 49.9 Å². The van der Waals surface area contributed by atoms with Crippen molar-refractivity contribution < 1.29 is 22.7 Å². The van der Waals surface area contributed by atoms with Crippen molar-refractivity contribution >= 4 is 27.6 Å². The highest BCUT2D eigenvalue weighted by atomic mass is 32.2. The number of carbonyl (C=O) groups is 2. The lowest BCUT2D eigenvalue weighted by Gasteiger charge is -2.19. The molecule has 1 N–H and O–H groups in total. The fourth-order valence-electron chi connectivity index (χ4n) is 3.63. The Hall–Kier alpha value is -2.87. The number of esters is 1. The van der Waals surface area contributed by atoms with Crippen LogP contribution in [-0.2, 0) is 19.6 Å². The highest BCUT2D eigenvalue weighted by Crippen LogP contribution is 2.22. The number of hydrogen-bond acceptors (Lipinski definition) is 5. The van der Waals surface area contributed by atoms with Gasteiger partial charge in [-0.2, -0.15) is 0 Å². The van der Waals surface area contributed by atoms with Crippen LogP contribution in [0.25, 0.3) is 0 Å². The first kappa shape index (κ1) is 22.8. The Kier molecular flexibility index (Phi) is 7.68. The number of amides is 1. The van der Waals surface area contributed by atoms with Crippen LogP contribution in [-0.4, -0.2) is 40.0 Å². The molecule has 2 aromatic carbocycles. The first-order valence-corrected chi connectivity index (χ1v) is 11.9. The molecule has 31 heavy (non-hydrogen) atoms. The van der Waals surface area contributed by atoms with Crippen LogP contribution >= 0.6 is 0 Å². The molecule has 1 fully saturated rings. The minimum atomic E-state index is -3.86. The lowest BCUT2D eigenvalue weighted by atomic mass is 10.1. The molecule has 0 aliphatic heterocycles. The van der Waals surface area contributed by atoms with Crippen molar-refractivity contribution in [1.82, 2.24) is 5.32 Å². The SMILES string of the molecule is CN(c1ccccc1)S(=O)(=O)c1cccc(C(=O)OCC(=O)NC2CCCCCC2)c1. The zero-order valence-electron chi connectivity index (χ0n) is 17.6. The standard InChI is InChI=1S/C23H28N2O5S/c1-25(20-13-7-4-8-14-20)31(28,29)21-15-9-10-18(16-21)23(27)30-17-22(26)24-19-11-5-2-3-6-12-19/h4,7-10,13-16,19H,2-3,5-6,11-12,17H2,1H3,(H,24,26). The number of rotatable bonds is 7. The number of hydrogen-bond donors (Lipinski definition) is 1. The number of sulfonamides is 1. The molecular weight excluding hydrogens is 416 g/mol. The lowest BCUT2D eigenvalue weighted by molar-refractivity contribution is -0.125. The molecule has 1 saturated carbocycles. The normalized spacial score (nSPS) is 15.0. The Morgan fingerprint density at radius 2 is 1.68 bits per heavy atom. The van der Waals surface area contributed by atoms with Crippen LogP contribution in [0.4, 0.5) is 5.69 Å². The predicted molar refractivity (Wildman–Crippen MR) is 118 cm³/mol. The van der Waals surface area contributed by atoms with Gasteiger partial charge in [0.25, 0.3) is 15.9 Å². The summed E-state index contributed by atoms with van der Waals surface area (Å²) < 4.78 is 32.1. The minimum absolute atomic E-state index is 0.0313. The van der Waals surface area contributed by atoms with Crippen molar-refractivity contribution in [3.63, 3.8) is 0 Å². The van der Waals surface area contributed by atoms with Gasteiger partial charge in [-0.15, -0.1) is 0 Å². The maximum atomic E-state index is 12.9. The Bertz CT molecular complexity index is 1000. The van der Waals surface area contributed by atoms with Crippen LogP contribution in [0.5, 0.6) is 0 Å². The smallest absolute Gasteiger partial charge is 0.338 e. The Morgan fingerprint density at radius 3 is 2.35 bits per heavy atom. The summed E-state index contributed by atoms with van der Waals surface area (Å²) in [7, 11) is -2.40. The molecule has 0 atom stereocenters. The van der Waals surface area contributed by atoms with E-state index >= 15 is 0 Å². The van der Waals surface area contributed by atoms with Crippen molar-refractivity contribution in [2.24, 2.45) is 0 Å². The van der Waals surface area contributed by atoms with Gasteiger partial charge < -0.3 is 10.1 Å². The monoisotopic (exact) mass is 444 g/mol. The molecule has 0 saturated heterocycles.